The summed E-state index contributed by atoms with van der Waals surface area (Å²) in [4.78, 5) is 15.0. The predicted molar refractivity (Wildman–Crippen MR) is 108 cm³/mol. The van der Waals surface area contributed by atoms with Crippen molar-refractivity contribution in [3.63, 3.8) is 0 Å². The fraction of sp³-hybridized carbons (Fsp3) is 0.190. The number of nitrogens with one attached hydrogen (secondary N) is 2. The van der Waals surface area contributed by atoms with Crippen molar-refractivity contribution in [2.24, 2.45) is 0 Å². The minimum absolute atomic E-state index is 0.103. The summed E-state index contributed by atoms with van der Waals surface area (Å²) in [6.45, 7) is 0.771. The van der Waals surface area contributed by atoms with Crippen LogP contribution in [0.3, 0.4) is 0 Å². The Morgan fingerprint density at radius 1 is 1.07 bits per heavy atom. The van der Waals surface area contributed by atoms with Gasteiger partial charge >= 0.3 is 0 Å². The molecular weight excluding hydrogens is 374 g/mol. The standard InChI is InChI=1S/C21H19N3O3S/c25-21-12-15-11-16(5-6-19(15)23-21)28(26,27)24-9-7-14(8-10-24)18-13-22-20-4-2-1-3-17(18)20/h1-7,11,13,22H,8-10,12H2,(H,23,25). The third kappa shape index (κ3) is 2.75. The second-order valence-electron chi connectivity index (χ2n) is 7.13. The van der Waals surface area contributed by atoms with Gasteiger partial charge in [-0.15, -0.1) is 0 Å². The van der Waals surface area contributed by atoms with E-state index in [0.29, 0.717) is 25.2 Å². The Morgan fingerprint density at radius 2 is 1.93 bits per heavy atom. The zero-order valence-electron chi connectivity index (χ0n) is 15.1. The first-order chi connectivity index (χ1) is 13.5. The monoisotopic (exact) mass is 393 g/mol. The molecule has 0 radical (unpaired) electrons. The first kappa shape index (κ1) is 17.2. The molecule has 2 aromatic carbocycles. The third-order valence-electron chi connectivity index (χ3n) is 5.45. The van der Waals surface area contributed by atoms with Gasteiger partial charge in [-0.05, 0) is 41.8 Å². The summed E-state index contributed by atoms with van der Waals surface area (Å²) in [5.41, 5.74) is 4.80. The number of aromatic amines is 1. The number of sulfonamides is 1. The van der Waals surface area contributed by atoms with Crippen molar-refractivity contribution >= 4 is 38.1 Å². The summed E-state index contributed by atoms with van der Waals surface area (Å²) in [7, 11) is -3.59. The molecule has 3 heterocycles. The van der Waals surface area contributed by atoms with Gasteiger partial charge in [-0.2, -0.15) is 4.31 Å². The SMILES string of the molecule is O=C1Cc2cc(S(=O)(=O)N3CC=C(c4c[nH]c5ccccc45)CC3)ccc2N1. The van der Waals surface area contributed by atoms with Crippen LogP contribution in [0.2, 0.25) is 0 Å². The van der Waals surface area contributed by atoms with Crippen molar-refractivity contribution in [2.45, 2.75) is 17.7 Å². The van der Waals surface area contributed by atoms with Gasteiger partial charge in [-0.25, -0.2) is 8.42 Å². The summed E-state index contributed by atoms with van der Waals surface area (Å²) in [6, 6.07) is 13.0. The molecule has 7 heteroatoms. The van der Waals surface area contributed by atoms with Gasteiger partial charge in [0.05, 0.1) is 11.3 Å². The topological polar surface area (TPSA) is 82.3 Å². The molecule has 0 atom stereocenters. The molecule has 28 heavy (non-hydrogen) atoms. The summed E-state index contributed by atoms with van der Waals surface area (Å²) < 4.78 is 27.6. The molecular formula is C21H19N3O3S. The van der Waals surface area contributed by atoms with Crippen LogP contribution >= 0.6 is 0 Å². The second kappa shape index (κ2) is 6.32. The van der Waals surface area contributed by atoms with Crippen LogP contribution in [-0.2, 0) is 21.2 Å². The van der Waals surface area contributed by atoms with E-state index < -0.39 is 10.0 Å². The van der Waals surface area contributed by atoms with Crippen molar-refractivity contribution < 1.29 is 13.2 Å². The highest BCUT2D eigenvalue weighted by Gasteiger charge is 2.28. The molecule has 3 aromatic rings. The van der Waals surface area contributed by atoms with Crippen LogP contribution < -0.4 is 5.32 Å². The Hall–Kier alpha value is -2.90. The van der Waals surface area contributed by atoms with E-state index in [0.717, 1.165) is 27.6 Å². The first-order valence-electron chi connectivity index (χ1n) is 9.21. The highest BCUT2D eigenvalue weighted by Crippen LogP contribution is 2.32. The second-order valence-corrected chi connectivity index (χ2v) is 9.07. The van der Waals surface area contributed by atoms with Gasteiger partial charge in [0, 0.05) is 41.4 Å². The molecule has 6 nitrogen and oxygen atoms in total. The molecule has 0 aliphatic carbocycles. The van der Waals surface area contributed by atoms with E-state index in [9.17, 15) is 13.2 Å². The normalized spacial score (nSPS) is 17.4. The van der Waals surface area contributed by atoms with Crippen LogP contribution in [-0.4, -0.2) is 36.7 Å². The number of hydrogen-bond acceptors (Lipinski definition) is 3. The number of anilines is 1. The van der Waals surface area contributed by atoms with Crippen LogP contribution in [0.1, 0.15) is 17.5 Å². The van der Waals surface area contributed by atoms with Gasteiger partial charge in [0.1, 0.15) is 0 Å². The lowest BCUT2D eigenvalue weighted by atomic mass is 10.00. The first-order valence-corrected chi connectivity index (χ1v) is 10.6. The minimum Gasteiger partial charge on any atom is -0.361 e. The van der Waals surface area contributed by atoms with Gasteiger partial charge in [-0.3, -0.25) is 4.79 Å². The third-order valence-corrected chi connectivity index (χ3v) is 7.31. The molecule has 0 unspecified atom stereocenters. The number of aromatic nitrogens is 1. The number of nitrogens with zero attached hydrogens (tertiary/aromatic N) is 1. The fourth-order valence-corrected chi connectivity index (χ4v) is 5.40. The van der Waals surface area contributed by atoms with Crippen molar-refractivity contribution in [1.82, 2.24) is 9.29 Å². The quantitative estimate of drug-likeness (QED) is 0.717. The molecule has 142 valence electrons. The molecule has 0 bridgehead atoms. The number of rotatable bonds is 3. The number of carbonyl (C=O) groups excluding carboxylic acids is 1. The Bertz CT molecular complexity index is 1240. The van der Waals surface area contributed by atoms with Gasteiger partial charge < -0.3 is 10.3 Å². The van der Waals surface area contributed by atoms with E-state index in [1.165, 1.54) is 4.31 Å². The van der Waals surface area contributed by atoms with Crippen LogP contribution in [0.5, 0.6) is 0 Å². The molecule has 0 saturated carbocycles. The van der Waals surface area contributed by atoms with Crippen molar-refractivity contribution in [2.75, 3.05) is 18.4 Å². The average molecular weight is 393 g/mol. The van der Waals surface area contributed by atoms with E-state index in [1.807, 2.05) is 30.5 Å². The lowest BCUT2D eigenvalue weighted by molar-refractivity contribution is -0.115. The molecule has 1 amide bonds. The number of hydrogen-bond donors (Lipinski definition) is 2. The Balaban J connectivity index is 1.41. The number of para-hydroxylation sites is 1. The Labute approximate surface area is 162 Å². The maximum Gasteiger partial charge on any atom is 0.243 e. The molecule has 2 aliphatic heterocycles. The van der Waals surface area contributed by atoms with Crippen molar-refractivity contribution in [3.8, 4) is 0 Å². The zero-order chi connectivity index (χ0) is 19.3. The van der Waals surface area contributed by atoms with Gasteiger partial charge in [0.25, 0.3) is 0 Å². The number of carbonyl (C=O) groups is 1. The molecule has 2 N–H and O–H groups in total. The summed E-state index contributed by atoms with van der Waals surface area (Å²) in [6.07, 6.45) is 4.87. The average Bonchev–Trinajstić information content (AvgIpc) is 3.30. The van der Waals surface area contributed by atoms with Gasteiger partial charge in [0.2, 0.25) is 15.9 Å². The number of H-pyrrole nitrogens is 1. The number of benzene rings is 2. The van der Waals surface area contributed by atoms with Crippen molar-refractivity contribution in [3.05, 3.63) is 65.9 Å². The van der Waals surface area contributed by atoms with E-state index in [1.54, 1.807) is 18.2 Å². The minimum atomic E-state index is -3.59. The largest absolute Gasteiger partial charge is 0.361 e. The molecule has 5 rings (SSSR count). The highest BCUT2D eigenvalue weighted by atomic mass is 32.2. The molecule has 0 saturated heterocycles. The van der Waals surface area contributed by atoms with Crippen LogP contribution in [0, 0.1) is 0 Å². The zero-order valence-corrected chi connectivity index (χ0v) is 15.9. The molecule has 2 aliphatic rings. The maximum atomic E-state index is 13.1. The van der Waals surface area contributed by atoms with Crippen molar-refractivity contribution in [1.29, 1.82) is 0 Å². The Morgan fingerprint density at radius 3 is 2.75 bits per heavy atom. The van der Waals surface area contributed by atoms with Crippen LogP contribution in [0.25, 0.3) is 16.5 Å². The summed E-state index contributed by atoms with van der Waals surface area (Å²) in [5.74, 6) is -0.103. The number of amides is 1. The van der Waals surface area contributed by atoms with E-state index >= 15 is 0 Å². The van der Waals surface area contributed by atoms with Crippen LogP contribution in [0.4, 0.5) is 5.69 Å². The van der Waals surface area contributed by atoms with Crippen LogP contribution in [0.15, 0.2) is 59.6 Å². The summed E-state index contributed by atoms with van der Waals surface area (Å²) in [5, 5.41) is 3.89. The smallest absolute Gasteiger partial charge is 0.243 e. The lowest BCUT2D eigenvalue weighted by Crippen LogP contribution is -2.34. The van der Waals surface area contributed by atoms with Gasteiger partial charge in [-0.1, -0.05) is 24.3 Å². The van der Waals surface area contributed by atoms with E-state index in [2.05, 4.69) is 16.4 Å². The van der Waals surface area contributed by atoms with E-state index in [-0.39, 0.29) is 17.2 Å². The summed E-state index contributed by atoms with van der Waals surface area (Å²) >= 11 is 0. The fourth-order valence-electron chi connectivity index (χ4n) is 3.97. The van der Waals surface area contributed by atoms with Gasteiger partial charge in [0.15, 0.2) is 0 Å². The maximum absolute atomic E-state index is 13.1. The molecule has 1 aromatic heterocycles. The highest BCUT2D eigenvalue weighted by molar-refractivity contribution is 7.89. The molecule has 0 fully saturated rings. The lowest BCUT2D eigenvalue weighted by Gasteiger charge is -2.26. The predicted octanol–water partition coefficient (Wildman–Crippen LogP) is 3.14. The molecule has 0 spiro atoms. The van der Waals surface area contributed by atoms with E-state index in [4.69, 9.17) is 0 Å². The number of fused-ring (bicyclic) bond motifs is 2. The Kier molecular flexibility index (Phi) is 3.89.